The number of amides is 1. The Kier molecular flexibility index (Phi) is 3.96. The molecule has 23 heavy (non-hydrogen) atoms. The summed E-state index contributed by atoms with van der Waals surface area (Å²) in [7, 11) is 1.59. The molecule has 0 aromatic carbocycles. The summed E-state index contributed by atoms with van der Waals surface area (Å²) >= 11 is 0. The van der Waals surface area contributed by atoms with Crippen molar-refractivity contribution >= 4 is 11.6 Å². The SMILES string of the molecule is Cn1c(-c2ccccn2)nn(CC(=O)Nc2cccnc2)c1=O. The van der Waals surface area contributed by atoms with Gasteiger partial charge in [0.1, 0.15) is 12.2 Å². The summed E-state index contributed by atoms with van der Waals surface area (Å²) in [4.78, 5) is 32.3. The summed E-state index contributed by atoms with van der Waals surface area (Å²) < 4.78 is 2.47. The minimum absolute atomic E-state index is 0.186. The van der Waals surface area contributed by atoms with E-state index in [1.807, 2.05) is 0 Å². The molecule has 0 spiro atoms. The second-order valence-corrected chi connectivity index (χ2v) is 4.83. The maximum absolute atomic E-state index is 12.2. The van der Waals surface area contributed by atoms with Crippen LogP contribution in [0.2, 0.25) is 0 Å². The maximum atomic E-state index is 12.2. The van der Waals surface area contributed by atoms with Gasteiger partial charge in [0.25, 0.3) is 0 Å². The molecule has 8 nitrogen and oxygen atoms in total. The molecule has 0 saturated carbocycles. The first-order chi connectivity index (χ1) is 11.1. The Bertz CT molecular complexity index is 870. The minimum atomic E-state index is -0.382. The van der Waals surface area contributed by atoms with Crippen LogP contribution in [-0.4, -0.2) is 30.2 Å². The van der Waals surface area contributed by atoms with Gasteiger partial charge in [-0.3, -0.25) is 19.3 Å². The molecule has 0 aliphatic rings. The van der Waals surface area contributed by atoms with Gasteiger partial charge in [0.2, 0.25) is 5.91 Å². The van der Waals surface area contributed by atoms with Gasteiger partial charge >= 0.3 is 5.69 Å². The second kappa shape index (κ2) is 6.22. The Morgan fingerprint density at radius 2 is 2.09 bits per heavy atom. The van der Waals surface area contributed by atoms with Crippen molar-refractivity contribution in [2.24, 2.45) is 7.05 Å². The van der Waals surface area contributed by atoms with E-state index in [1.165, 1.54) is 10.8 Å². The molecule has 3 heterocycles. The maximum Gasteiger partial charge on any atom is 0.346 e. The largest absolute Gasteiger partial charge is 0.346 e. The lowest BCUT2D eigenvalue weighted by atomic mass is 10.3. The Labute approximate surface area is 131 Å². The number of anilines is 1. The monoisotopic (exact) mass is 310 g/mol. The van der Waals surface area contributed by atoms with Gasteiger partial charge in [0.15, 0.2) is 5.82 Å². The van der Waals surface area contributed by atoms with E-state index in [0.717, 1.165) is 4.68 Å². The van der Waals surface area contributed by atoms with Crippen molar-refractivity contribution in [1.29, 1.82) is 0 Å². The molecule has 8 heteroatoms. The third-order valence-corrected chi connectivity index (χ3v) is 3.17. The van der Waals surface area contributed by atoms with Gasteiger partial charge in [0, 0.05) is 19.4 Å². The van der Waals surface area contributed by atoms with Gasteiger partial charge in [-0.25, -0.2) is 9.48 Å². The molecular weight excluding hydrogens is 296 g/mol. The molecule has 0 aliphatic heterocycles. The normalized spacial score (nSPS) is 10.5. The predicted octanol–water partition coefficient (Wildman–Crippen LogP) is 0.677. The van der Waals surface area contributed by atoms with Crippen LogP contribution < -0.4 is 11.0 Å². The zero-order valence-corrected chi connectivity index (χ0v) is 12.4. The molecule has 0 bridgehead atoms. The van der Waals surface area contributed by atoms with E-state index in [9.17, 15) is 9.59 Å². The molecule has 3 rings (SSSR count). The summed E-state index contributed by atoms with van der Waals surface area (Å²) in [5.74, 6) is 0.0514. The number of nitrogens with one attached hydrogen (secondary N) is 1. The van der Waals surface area contributed by atoms with Crippen LogP contribution in [0, 0.1) is 0 Å². The first-order valence-electron chi connectivity index (χ1n) is 6.90. The highest BCUT2D eigenvalue weighted by molar-refractivity contribution is 5.90. The van der Waals surface area contributed by atoms with E-state index in [4.69, 9.17) is 0 Å². The van der Waals surface area contributed by atoms with Crippen LogP contribution in [0.4, 0.5) is 5.69 Å². The van der Waals surface area contributed by atoms with Crippen molar-refractivity contribution in [2.75, 3.05) is 5.32 Å². The van der Waals surface area contributed by atoms with Crippen molar-refractivity contribution in [2.45, 2.75) is 6.54 Å². The van der Waals surface area contributed by atoms with Crippen LogP contribution >= 0.6 is 0 Å². The molecule has 0 aliphatic carbocycles. The van der Waals surface area contributed by atoms with Crippen molar-refractivity contribution < 1.29 is 4.79 Å². The highest BCUT2D eigenvalue weighted by atomic mass is 16.2. The molecule has 1 amide bonds. The molecule has 0 fully saturated rings. The predicted molar refractivity (Wildman–Crippen MR) is 83.6 cm³/mol. The summed E-state index contributed by atoms with van der Waals surface area (Å²) in [6, 6.07) is 8.76. The van der Waals surface area contributed by atoms with Crippen LogP contribution in [0.3, 0.4) is 0 Å². The number of hydrogen-bond donors (Lipinski definition) is 1. The van der Waals surface area contributed by atoms with Crippen molar-refractivity contribution in [3.8, 4) is 11.5 Å². The van der Waals surface area contributed by atoms with Crippen LogP contribution in [-0.2, 0) is 18.4 Å². The summed E-state index contributed by atoms with van der Waals surface area (Å²) in [6.07, 6.45) is 4.75. The third kappa shape index (κ3) is 3.15. The van der Waals surface area contributed by atoms with Crippen LogP contribution in [0.5, 0.6) is 0 Å². The lowest BCUT2D eigenvalue weighted by Crippen LogP contribution is -2.29. The lowest BCUT2D eigenvalue weighted by Gasteiger charge is -2.03. The van der Waals surface area contributed by atoms with Crippen LogP contribution in [0.15, 0.2) is 53.7 Å². The van der Waals surface area contributed by atoms with Gasteiger partial charge in [-0.15, -0.1) is 5.10 Å². The van der Waals surface area contributed by atoms with E-state index in [1.54, 1.807) is 49.8 Å². The Morgan fingerprint density at radius 1 is 1.22 bits per heavy atom. The summed E-state index contributed by atoms with van der Waals surface area (Å²) in [5, 5.41) is 6.85. The van der Waals surface area contributed by atoms with Crippen molar-refractivity contribution in [3.63, 3.8) is 0 Å². The fourth-order valence-corrected chi connectivity index (χ4v) is 2.08. The van der Waals surface area contributed by atoms with Crippen LogP contribution in [0.25, 0.3) is 11.5 Å². The molecule has 3 aromatic heterocycles. The smallest absolute Gasteiger partial charge is 0.323 e. The molecule has 1 N–H and O–H groups in total. The number of aromatic nitrogens is 5. The van der Waals surface area contributed by atoms with Gasteiger partial charge in [-0.2, -0.15) is 0 Å². The summed E-state index contributed by atoms with van der Waals surface area (Å²) in [6.45, 7) is -0.186. The van der Waals surface area contributed by atoms with Gasteiger partial charge < -0.3 is 5.32 Å². The number of nitrogens with zero attached hydrogens (tertiary/aromatic N) is 5. The Hall–Kier alpha value is -3.29. The highest BCUT2D eigenvalue weighted by Crippen LogP contribution is 2.10. The fourth-order valence-electron chi connectivity index (χ4n) is 2.08. The number of hydrogen-bond acceptors (Lipinski definition) is 5. The average Bonchev–Trinajstić information content (AvgIpc) is 2.85. The molecule has 0 saturated heterocycles. The molecule has 0 unspecified atom stereocenters. The number of carbonyl (C=O) groups is 1. The lowest BCUT2D eigenvalue weighted by molar-refractivity contribution is -0.117. The summed E-state index contributed by atoms with van der Waals surface area (Å²) in [5.41, 5.74) is 0.747. The van der Waals surface area contributed by atoms with Crippen LogP contribution in [0.1, 0.15) is 0 Å². The number of pyridine rings is 2. The number of carbonyl (C=O) groups excluding carboxylic acids is 1. The first kappa shape index (κ1) is 14.6. The molecular formula is C15H14N6O2. The second-order valence-electron chi connectivity index (χ2n) is 4.83. The van der Waals surface area contributed by atoms with E-state index in [0.29, 0.717) is 17.2 Å². The zero-order chi connectivity index (χ0) is 16.2. The molecule has 0 atom stereocenters. The van der Waals surface area contributed by atoms with E-state index in [2.05, 4.69) is 20.4 Å². The zero-order valence-electron chi connectivity index (χ0n) is 12.4. The fraction of sp³-hybridized carbons (Fsp3) is 0.133. The topological polar surface area (TPSA) is 94.7 Å². The van der Waals surface area contributed by atoms with E-state index in [-0.39, 0.29) is 18.1 Å². The number of rotatable bonds is 4. The molecule has 0 radical (unpaired) electrons. The first-order valence-corrected chi connectivity index (χ1v) is 6.90. The molecule has 116 valence electrons. The Morgan fingerprint density at radius 3 is 2.78 bits per heavy atom. The van der Waals surface area contributed by atoms with Gasteiger partial charge in [0.05, 0.1) is 11.9 Å². The van der Waals surface area contributed by atoms with Crippen molar-refractivity contribution in [1.82, 2.24) is 24.3 Å². The van der Waals surface area contributed by atoms with Gasteiger partial charge in [-0.05, 0) is 24.3 Å². The quantitative estimate of drug-likeness (QED) is 0.764. The van der Waals surface area contributed by atoms with E-state index >= 15 is 0 Å². The average molecular weight is 310 g/mol. The third-order valence-electron chi connectivity index (χ3n) is 3.17. The standard InChI is InChI=1S/C15H14N6O2/c1-20-14(12-6-2-3-8-17-12)19-21(15(20)23)10-13(22)18-11-5-4-7-16-9-11/h2-9H,10H2,1H3,(H,18,22). The van der Waals surface area contributed by atoms with Crippen molar-refractivity contribution in [3.05, 3.63) is 59.4 Å². The highest BCUT2D eigenvalue weighted by Gasteiger charge is 2.15. The Balaban J connectivity index is 1.81. The van der Waals surface area contributed by atoms with E-state index < -0.39 is 0 Å². The molecule has 3 aromatic rings. The minimum Gasteiger partial charge on any atom is -0.323 e. The van der Waals surface area contributed by atoms with Gasteiger partial charge in [-0.1, -0.05) is 6.07 Å².